The Morgan fingerprint density at radius 2 is 1.86 bits per heavy atom. The number of nitrogens with zero attached hydrogens (tertiary/aromatic N) is 3. The third-order valence-corrected chi connectivity index (χ3v) is 5.59. The number of aliphatic imine (C=N–C) groups is 1. The summed E-state index contributed by atoms with van der Waals surface area (Å²) >= 11 is 0. The lowest BCUT2D eigenvalue weighted by atomic mass is 10.0. The molecule has 2 heterocycles. The van der Waals surface area contributed by atoms with Crippen molar-refractivity contribution in [2.75, 3.05) is 73.2 Å². The molecule has 2 aliphatic rings. The van der Waals surface area contributed by atoms with Crippen LogP contribution in [-0.2, 0) is 4.74 Å². The SMILES string of the molecule is CN=C(NCCN1CCOCC1)NCC(c1ccccc1OC)N1CCCC1.I. The summed E-state index contributed by atoms with van der Waals surface area (Å²) < 4.78 is 11.0. The molecule has 2 N–H and O–H groups in total. The average Bonchev–Trinajstić information content (AvgIpc) is 3.28. The molecular formula is C21H36IN5O2. The van der Waals surface area contributed by atoms with E-state index in [4.69, 9.17) is 9.47 Å². The van der Waals surface area contributed by atoms with Gasteiger partial charge >= 0.3 is 0 Å². The van der Waals surface area contributed by atoms with Crippen LogP contribution >= 0.6 is 24.0 Å². The lowest BCUT2D eigenvalue weighted by molar-refractivity contribution is 0.0389. The van der Waals surface area contributed by atoms with Gasteiger partial charge in [-0.1, -0.05) is 18.2 Å². The van der Waals surface area contributed by atoms with Gasteiger partial charge in [0.05, 0.1) is 26.4 Å². The third-order valence-electron chi connectivity index (χ3n) is 5.59. The van der Waals surface area contributed by atoms with Gasteiger partial charge in [-0.05, 0) is 32.0 Å². The lowest BCUT2D eigenvalue weighted by Crippen LogP contribution is -2.46. The summed E-state index contributed by atoms with van der Waals surface area (Å²) in [5.74, 6) is 1.81. The molecule has 0 saturated carbocycles. The molecule has 2 saturated heterocycles. The van der Waals surface area contributed by atoms with Crippen LogP contribution in [0.2, 0.25) is 0 Å². The molecule has 29 heavy (non-hydrogen) atoms. The van der Waals surface area contributed by atoms with E-state index >= 15 is 0 Å². The van der Waals surface area contributed by atoms with Crippen LogP contribution in [-0.4, -0.2) is 88.9 Å². The zero-order valence-corrected chi connectivity index (χ0v) is 20.1. The van der Waals surface area contributed by atoms with E-state index in [0.29, 0.717) is 0 Å². The monoisotopic (exact) mass is 517 g/mol. The fourth-order valence-electron chi connectivity index (χ4n) is 4.00. The minimum absolute atomic E-state index is 0. The number of ether oxygens (including phenoxy) is 2. The minimum atomic E-state index is 0. The maximum Gasteiger partial charge on any atom is 0.191 e. The van der Waals surface area contributed by atoms with Crippen LogP contribution in [0.5, 0.6) is 5.75 Å². The highest BCUT2D eigenvalue weighted by Gasteiger charge is 2.26. The molecule has 1 atom stereocenters. The second-order valence-electron chi connectivity index (χ2n) is 7.33. The van der Waals surface area contributed by atoms with Crippen LogP contribution in [0.3, 0.4) is 0 Å². The normalized spacial score (nSPS) is 19.4. The van der Waals surface area contributed by atoms with Gasteiger partial charge in [0.25, 0.3) is 0 Å². The van der Waals surface area contributed by atoms with Crippen molar-refractivity contribution in [3.8, 4) is 5.75 Å². The number of rotatable bonds is 8. The fourth-order valence-corrected chi connectivity index (χ4v) is 4.00. The van der Waals surface area contributed by atoms with E-state index in [2.05, 4.69) is 37.6 Å². The Kier molecular flexibility index (Phi) is 11.0. The molecule has 1 unspecified atom stereocenters. The molecule has 0 radical (unpaired) electrons. The summed E-state index contributed by atoms with van der Waals surface area (Å²) in [6, 6.07) is 8.63. The van der Waals surface area contributed by atoms with Crippen molar-refractivity contribution in [1.82, 2.24) is 20.4 Å². The Labute approximate surface area is 192 Å². The standard InChI is InChI=1S/C21H35N5O2.HI/c1-22-21(23-9-12-25-13-15-28-16-14-25)24-17-19(26-10-5-6-11-26)18-7-3-4-8-20(18)27-2;/h3-4,7-8,19H,5-6,9-17H2,1-2H3,(H2,22,23,24);1H. The molecule has 0 aromatic heterocycles. The first-order valence-electron chi connectivity index (χ1n) is 10.4. The van der Waals surface area contributed by atoms with Crippen LogP contribution in [0, 0.1) is 0 Å². The number of halogens is 1. The van der Waals surface area contributed by atoms with Crippen LogP contribution in [0.25, 0.3) is 0 Å². The lowest BCUT2D eigenvalue weighted by Gasteiger charge is -2.30. The van der Waals surface area contributed by atoms with Crippen molar-refractivity contribution in [3.05, 3.63) is 29.8 Å². The average molecular weight is 517 g/mol. The Bertz CT molecular complexity index is 619. The van der Waals surface area contributed by atoms with Crippen molar-refractivity contribution in [2.24, 2.45) is 4.99 Å². The Morgan fingerprint density at radius 3 is 2.55 bits per heavy atom. The predicted molar refractivity (Wildman–Crippen MR) is 129 cm³/mol. The topological polar surface area (TPSA) is 61.4 Å². The van der Waals surface area contributed by atoms with Gasteiger partial charge in [-0.15, -0.1) is 24.0 Å². The first-order valence-corrected chi connectivity index (χ1v) is 10.4. The molecule has 0 aliphatic carbocycles. The van der Waals surface area contributed by atoms with Crippen LogP contribution in [0.15, 0.2) is 29.3 Å². The van der Waals surface area contributed by atoms with E-state index in [9.17, 15) is 0 Å². The number of hydrogen-bond acceptors (Lipinski definition) is 5. The molecule has 2 aliphatic heterocycles. The van der Waals surface area contributed by atoms with Gasteiger partial charge in [0.15, 0.2) is 5.96 Å². The number of guanidine groups is 1. The summed E-state index contributed by atoms with van der Waals surface area (Å²) in [7, 11) is 3.58. The zero-order chi connectivity index (χ0) is 19.6. The molecule has 164 valence electrons. The van der Waals surface area contributed by atoms with Crippen LogP contribution in [0.4, 0.5) is 0 Å². The minimum Gasteiger partial charge on any atom is -0.496 e. The molecule has 1 aromatic carbocycles. The van der Waals surface area contributed by atoms with Gasteiger partial charge in [0, 0.05) is 45.3 Å². The zero-order valence-electron chi connectivity index (χ0n) is 17.7. The van der Waals surface area contributed by atoms with Crippen molar-refractivity contribution >= 4 is 29.9 Å². The van der Waals surface area contributed by atoms with E-state index in [1.807, 2.05) is 19.2 Å². The maximum absolute atomic E-state index is 5.64. The Morgan fingerprint density at radius 1 is 1.14 bits per heavy atom. The highest BCUT2D eigenvalue weighted by atomic mass is 127. The van der Waals surface area contributed by atoms with E-state index in [0.717, 1.165) is 70.7 Å². The molecule has 3 rings (SSSR count). The Balaban J connectivity index is 0.00000300. The predicted octanol–water partition coefficient (Wildman–Crippen LogP) is 1.95. The van der Waals surface area contributed by atoms with E-state index in [-0.39, 0.29) is 30.0 Å². The van der Waals surface area contributed by atoms with Gasteiger partial charge in [0.2, 0.25) is 0 Å². The summed E-state index contributed by atoms with van der Waals surface area (Å²) in [5, 5.41) is 6.98. The maximum atomic E-state index is 5.64. The number of benzene rings is 1. The molecule has 0 amide bonds. The Hall–Kier alpha value is -1.10. The van der Waals surface area contributed by atoms with Crippen molar-refractivity contribution < 1.29 is 9.47 Å². The van der Waals surface area contributed by atoms with Crippen molar-refractivity contribution in [2.45, 2.75) is 18.9 Å². The second kappa shape index (κ2) is 13.3. The highest BCUT2D eigenvalue weighted by Crippen LogP contribution is 2.31. The van der Waals surface area contributed by atoms with E-state index in [1.165, 1.54) is 18.4 Å². The fraction of sp³-hybridized carbons (Fsp3) is 0.667. The molecule has 2 fully saturated rings. The summed E-state index contributed by atoms with van der Waals surface area (Å²) in [6.07, 6.45) is 2.52. The van der Waals surface area contributed by atoms with Crippen LogP contribution in [0.1, 0.15) is 24.4 Å². The largest absolute Gasteiger partial charge is 0.496 e. The highest BCUT2D eigenvalue weighted by molar-refractivity contribution is 14.0. The summed E-state index contributed by atoms with van der Waals surface area (Å²) in [4.78, 5) is 9.38. The van der Waals surface area contributed by atoms with E-state index in [1.54, 1.807) is 7.11 Å². The van der Waals surface area contributed by atoms with Gasteiger partial charge in [-0.2, -0.15) is 0 Å². The second-order valence-corrected chi connectivity index (χ2v) is 7.33. The molecule has 7 nitrogen and oxygen atoms in total. The van der Waals surface area contributed by atoms with Crippen molar-refractivity contribution in [3.63, 3.8) is 0 Å². The summed E-state index contributed by atoms with van der Waals surface area (Å²) in [5.41, 5.74) is 1.24. The third kappa shape index (κ3) is 7.27. The number of nitrogens with one attached hydrogen (secondary N) is 2. The van der Waals surface area contributed by atoms with Gasteiger partial charge in [-0.25, -0.2) is 0 Å². The van der Waals surface area contributed by atoms with Gasteiger partial charge in [0.1, 0.15) is 5.75 Å². The van der Waals surface area contributed by atoms with Crippen LogP contribution < -0.4 is 15.4 Å². The number of hydrogen-bond donors (Lipinski definition) is 2. The first-order chi connectivity index (χ1) is 13.8. The molecule has 0 spiro atoms. The smallest absolute Gasteiger partial charge is 0.191 e. The van der Waals surface area contributed by atoms with Gasteiger partial charge < -0.3 is 20.1 Å². The number of methoxy groups -OCH3 is 1. The first kappa shape index (κ1) is 24.2. The quantitative estimate of drug-likeness (QED) is 0.313. The van der Waals surface area contributed by atoms with Gasteiger partial charge in [-0.3, -0.25) is 14.8 Å². The number of para-hydroxylation sites is 1. The van der Waals surface area contributed by atoms with E-state index < -0.39 is 0 Å². The summed E-state index contributed by atoms with van der Waals surface area (Å²) in [6.45, 7) is 8.65. The number of morpholine rings is 1. The molecule has 8 heteroatoms. The number of likely N-dealkylation sites (tertiary alicyclic amines) is 1. The molecule has 1 aromatic rings. The molecular weight excluding hydrogens is 481 g/mol. The molecule has 0 bridgehead atoms. The van der Waals surface area contributed by atoms with Crippen molar-refractivity contribution in [1.29, 1.82) is 0 Å².